The fourth-order valence-corrected chi connectivity index (χ4v) is 9.23. The monoisotopic (exact) mass is 382 g/mol. The molecule has 0 saturated heterocycles. The summed E-state index contributed by atoms with van der Waals surface area (Å²) in [6, 6.07) is 0. The van der Waals surface area contributed by atoms with Crippen LogP contribution in [0, 0.1) is 39.9 Å². The van der Waals surface area contributed by atoms with E-state index in [1.165, 1.54) is 0 Å². The average Bonchev–Trinajstić information content (AvgIpc) is 2.57. The van der Waals surface area contributed by atoms with Gasteiger partial charge in [-0.05, 0) is 86.4 Å². The Bertz CT molecular complexity index is 636. The van der Waals surface area contributed by atoms with E-state index in [9.17, 15) is 19.2 Å². The Morgan fingerprint density at radius 1 is 1.12 bits per heavy atom. The van der Waals surface area contributed by atoms with Crippen LogP contribution in [0.15, 0.2) is 0 Å². The Morgan fingerprint density at radius 2 is 1.81 bits per heavy atom. The van der Waals surface area contributed by atoms with Gasteiger partial charge in [0.2, 0.25) is 0 Å². The summed E-state index contributed by atoms with van der Waals surface area (Å²) in [4.78, 5) is 12.1. The van der Waals surface area contributed by atoms with Crippen LogP contribution in [0.1, 0.15) is 65.2 Å². The molecule has 5 saturated carbocycles. The third-order valence-electron chi connectivity index (χ3n) is 9.40. The van der Waals surface area contributed by atoms with Gasteiger partial charge in [-0.3, -0.25) is 9.00 Å². The maximum atomic E-state index is 12.1. The molecule has 5 heteroatoms. The summed E-state index contributed by atoms with van der Waals surface area (Å²) in [5.41, 5.74) is -0.680. The van der Waals surface area contributed by atoms with Gasteiger partial charge < -0.3 is 10.2 Å². The van der Waals surface area contributed by atoms with Gasteiger partial charge in [-0.15, -0.1) is 0 Å². The van der Waals surface area contributed by atoms with E-state index in [-0.39, 0.29) is 28.8 Å². The quantitative estimate of drug-likeness (QED) is 0.784. The molecule has 0 amide bonds. The zero-order valence-corrected chi connectivity index (χ0v) is 17.2. The summed E-state index contributed by atoms with van der Waals surface area (Å²) >= 11 is 0. The molecule has 148 valence electrons. The molecule has 0 heterocycles. The summed E-state index contributed by atoms with van der Waals surface area (Å²) in [5.74, 6) is 1.23. The molecule has 0 aromatic carbocycles. The van der Waals surface area contributed by atoms with Crippen molar-refractivity contribution in [1.82, 2.24) is 0 Å². The SMILES string of the molecule is C[S@@](=O)C[C@H]1[C@H]2CC[C@@]3(CC[C@H]4[C@@](C)(CCC[C@@]4(C)C(=O)O)[C@@H]3C2)[C@@H]1O. The third-order valence-corrected chi connectivity index (χ3v) is 10.3. The molecule has 0 unspecified atom stereocenters. The number of aliphatic hydroxyl groups excluding tert-OH is 1. The minimum atomic E-state index is -0.876. The summed E-state index contributed by atoms with van der Waals surface area (Å²) in [5, 5.41) is 21.4. The van der Waals surface area contributed by atoms with Crippen LogP contribution in [-0.4, -0.2) is 38.5 Å². The Balaban J connectivity index is 1.71. The number of carboxylic acids is 1. The van der Waals surface area contributed by atoms with Gasteiger partial charge in [-0.25, -0.2) is 0 Å². The van der Waals surface area contributed by atoms with Gasteiger partial charge in [-0.2, -0.15) is 0 Å². The van der Waals surface area contributed by atoms with Gasteiger partial charge in [0, 0.05) is 22.8 Å². The van der Waals surface area contributed by atoms with E-state index in [0.29, 0.717) is 17.6 Å². The van der Waals surface area contributed by atoms with E-state index in [0.717, 1.165) is 51.4 Å². The van der Waals surface area contributed by atoms with E-state index < -0.39 is 22.2 Å². The minimum absolute atomic E-state index is 0.0135. The summed E-state index contributed by atoms with van der Waals surface area (Å²) in [7, 11) is -0.876. The number of aliphatic hydroxyl groups is 1. The van der Waals surface area contributed by atoms with Crippen LogP contribution in [0.5, 0.6) is 0 Å². The number of carbonyl (C=O) groups is 1. The Kier molecular flexibility index (Phi) is 4.39. The van der Waals surface area contributed by atoms with Crippen LogP contribution in [0.25, 0.3) is 0 Å². The molecule has 0 aromatic rings. The lowest BCUT2D eigenvalue weighted by Crippen LogP contribution is -2.67. The van der Waals surface area contributed by atoms with Gasteiger partial charge in [0.15, 0.2) is 0 Å². The van der Waals surface area contributed by atoms with Crippen LogP contribution < -0.4 is 0 Å². The molecule has 5 rings (SSSR count). The fraction of sp³-hybridized carbons (Fsp3) is 0.952. The number of hydrogen-bond acceptors (Lipinski definition) is 3. The van der Waals surface area contributed by atoms with Crippen molar-refractivity contribution in [3.8, 4) is 0 Å². The van der Waals surface area contributed by atoms with Gasteiger partial charge in [0.1, 0.15) is 0 Å². The van der Waals surface area contributed by atoms with Crippen LogP contribution >= 0.6 is 0 Å². The number of rotatable bonds is 3. The van der Waals surface area contributed by atoms with E-state index in [1.807, 2.05) is 6.92 Å². The largest absolute Gasteiger partial charge is 0.481 e. The topological polar surface area (TPSA) is 74.6 Å². The molecule has 4 nitrogen and oxygen atoms in total. The first-order valence-electron chi connectivity index (χ1n) is 10.4. The standard InChI is InChI=1S/C21H34O4S/c1-19-7-4-8-20(2,18(23)24)15(19)6-10-21-9-5-13(11-16(19)21)14(17(21)22)12-26(3)25/h13-17,22H,4-12H2,1-3H3,(H,23,24)/t13-,14-,15-,16-,17+,19+,20+,21-,26+/m0/s1. The summed E-state index contributed by atoms with van der Waals surface area (Å²) in [6.45, 7) is 4.31. The van der Waals surface area contributed by atoms with Crippen LogP contribution in [0.3, 0.4) is 0 Å². The van der Waals surface area contributed by atoms with E-state index >= 15 is 0 Å². The number of hydrogen-bond donors (Lipinski definition) is 2. The van der Waals surface area contributed by atoms with E-state index in [4.69, 9.17) is 0 Å². The molecule has 5 fully saturated rings. The average molecular weight is 383 g/mol. The maximum Gasteiger partial charge on any atom is 0.309 e. The van der Waals surface area contributed by atoms with Gasteiger partial charge >= 0.3 is 5.97 Å². The number of aliphatic carboxylic acids is 1. The third kappa shape index (κ3) is 2.35. The predicted molar refractivity (Wildman–Crippen MR) is 102 cm³/mol. The Morgan fingerprint density at radius 3 is 2.46 bits per heavy atom. The Labute approximate surface area is 159 Å². The molecule has 9 atom stereocenters. The van der Waals surface area contributed by atoms with Crippen molar-refractivity contribution in [3.63, 3.8) is 0 Å². The smallest absolute Gasteiger partial charge is 0.309 e. The fourth-order valence-electron chi connectivity index (χ4n) is 8.23. The number of carboxylic acid groups (broad SMARTS) is 1. The van der Waals surface area contributed by atoms with Gasteiger partial charge in [-0.1, -0.05) is 13.3 Å². The molecule has 26 heavy (non-hydrogen) atoms. The van der Waals surface area contributed by atoms with E-state index in [1.54, 1.807) is 6.26 Å². The zero-order chi connectivity index (χ0) is 18.9. The molecule has 5 aliphatic carbocycles. The molecule has 2 N–H and O–H groups in total. The van der Waals surface area contributed by atoms with Crippen molar-refractivity contribution < 1.29 is 19.2 Å². The second-order valence-electron chi connectivity index (χ2n) is 10.3. The first-order chi connectivity index (χ1) is 12.1. The van der Waals surface area contributed by atoms with Crippen molar-refractivity contribution in [1.29, 1.82) is 0 Å². The molecule has 1 spiro atoms. The van der Waals surface area contributed by atoms with Crippen LogP contribution in [0.4, 0.5) is 0 Å². The van der Waals surface area contributed by atoms with Crippen molar-refractivity contribution in [3.05, 3.63) is 0 Å². The van der Waals surface area contributed by atoms with Crippen molar-refractivity contribution in [2.24, 2.45) is 39.9 Å². The zero-order valence-electron chi connectivity index (χ0n) is 16.4. The lowest BCUT2D eigenvalue weighted by atomic mass is 9.35. The highest BCUT2D eigenvalue weighted by Crippen LogP contribution is 2.72. The lowest BCUT2D eigenvalue weighted by Gasteiger charge is -2.69. The molecule has 0 radical (unpaired) electrons. The minimum Gasteiger partial charge on any atom is -0.481 e. The van der Waals surface area contributed by atoms with Crippen LogP contribution in [0.2, 0.25) is 0 Å². The highest BCUT2D eigenvalue weighted by molar-refractivity contribution is 7.84. The highest BCUT2D eigenvalue weighted by atomic mass is 32.2. The number of fused-ring (bicyclic) bond motifs is 3. The van der Waals surface area contributed by atoms with E-state index in [2.05, 4.69) is 6.92 Å². The van der Waals surface area contributed by atoms with Crippen molar-refractivity contribution >= 4 is 16.8 Å². The molecule has 2 bridgehead atoms. The summed E-state index contributed by atoms with van der Waals surface area (Å²) < 4.78 is 11.9. The Hall–Kier alpha value is -0.420. The molecule has 0 aliphatic heterocycles. The first-order valence-corrected chi connectivity index (χ1v) is 12.1. The van der Waals surface area contributed by atoms with Crippen molar-refractivity contribution in [2.75, 3.05) is 12.0 Å². The van der Waals surface area contributed by atoms with Crippen LogP contribution in [-0.2, 0) is 15.6 Å². The summed E-state index contributed by atoms with van der Waals surface area (Å²) in [6.07, 6.45) is 9.42. The van der Waals surface area contributed by atoms with Gasteiger partial charge in [0.25, 0.3) is 0 Å². The maximum absolute atomic E-state index is 12.1. The second kappa shape index (κ2) is 6.04. The highest BCUT2D eigenvalue weighted by Gasteiger charge is 2.68. The molecular weight excluding hydrogens is 348 g/mol. The second-order valence-corrected chi connectivity index (χ2v) is 11.8. The lowest BCUT2D eigenvalue weighted by molar-refractivity contribution is -0.241. The van der Waals surface area contributed by atoms with Crippen molar-refractivity contribution in [2.45, 2.75) is 71.3 Å². The normalized spacial score (nSPS) is 54.2. The molecule has 5 aliphatic rings. The molecule has 0 aromatic heterocycles. The van der Waals surface area contributed by atoms with Gasteiger partial charge in [0.05, 0.1) is 11.5 Å². The molecular formula is C21H34O4S. The predicted octanol–water partition coefficient (Wildman–Crippen LogP) is 3.45. The first kappa shape index (κ1) is 18.9.